The van der Waals surface area contributed by atoms with Crippen LogP contribution < -0.4 is 9.47 Å². The number of hydrogen-bond acceptors (Lipinski definition) is 5. The van der Waals surface area contributed by atoms with Crippen molar-refractivity contribution < 1.29 is 63.7 Å². The van der Waals surface area contributed by atoms with Crippen molar-refractivity contribution in [3.63, 3.8) is 0 Å². The van der Waals surface area contributed by atoms with E-state index < -0.39 is 47.8 Å². The summed E-state index contributed by atoms with van der Waals surface area (Å²) in [6.07, 6.45) is -12.4. The lowest BCUT2D eigenvalue weighted by molar-refractivity contribution is -0.170. The second-order valence-corrected chi connectivity index (χ2v) is 22.4. The Morgan fingerprint density at radius 1 is 0.531 bits per heavy atom. The first-order valence-corrected chi connectivity index (χ1v) is 24.7. The number of phenols is 1. The summed E-state index contributed by atoms with van der Waals surface area (Å²) >= 11 is 5.50. The summed E-state index contributed by atoms with van der Waals surface area (Å²) in [5.41, 5.74) is 4.09. The average Bonchev–Trinajstić information content (AvgIpc) is 3.23. The van der Waals surface area contributed by atoms with E-state index in [2.05, 4.69) is 31.9 Å². The second kappa shape index (κ2) is 24.4. The zero-order valence-electron chi connectivity index (χ0n) is 34.7. The smallest absolute Gasteiger partial charge is 0.451 e. The first-order valence-electron chi connectivity index (χ1n) is 19.4. The van der Waals surface area contributed by atoms with Crippen molar-refractivity contribution in [2.24, 2.45) is 0 Å². The van der Waals surface area contributed by atoms with E-state index in [0.717, 1.165) is 16.7 Å². The Morgan fingerprint density at radius 3 is 1.20 bits per heavy atom. The summed E-state index contributed by atoms with van der Waals surface area (Å²) in [6.45, 7) is 6.02. The Kier molecular flexibility index (Phi) is 20.4. The molecule has 5 rings (SSSR count). The van der Waals surface area contributed by atoms with Gasteiger partial charge in [-0.05, 0) is 83.5 Å². The predicted octanol–water partition coefficient (Wildman–Crippen LogP) is 13.7. The highest BCUT2D eigenvalue weighted by atomic mass is 79.9. The minimum absolute atomic E-state index is 0.0250. The van der Waals surface area contributed by atoms with Crippen LogP contribution in [0.25, 0.3) is 0 Å². The average molecular weight is 1050 g/mol. The van der Waals surface area contributed by atoms with Crippen LogP contribution in [0, 0.1) is 0 Å². The molecule has 2 unspecified atom stereocenters. The van der Waals surface area contributed by atoms with Crippen LogP contribution in [0.1, 0.15) is 27.8 Å². The number of benzene rings is 5. The third-order valence-electron chi connectivity index (χ3n) is 8.89. The van der Waals surface area contributed by atoms with E-state index in [-0.39, 0.29) is 30.2 Å². The van der Waals surface area contributed by atoms with Crippen molar-refractivity contribution in [2.75, 3.05) is 0 Å². The summed E-state index contributed by atoms with van der Waals surface area (Å²) in [5, 5.41) is 8.61. The number of aromatic hydroxyl groups is 1. The monoisotopic (exact) mass is 1050 g/mol. The molecule has 5 nitrogen and oxygen atoms in total. The number of phenolic OH excluding ortho intramolecular Hbond substituents is 1. The van der Waals surface area contributed by atoms with Gasteiger partial charge in [-0.2, -0.15) is 39.5 Å². The van der Waals surface area contributed by atoms with E-state index in [1.165, 1.54) is 30.3 Å². The molecular weight excluding hydrogens is 1000 g/mol. The lowest BCUT2D eigenvalue weighted by atomic mass is 10.1. The molecule has 0 aromatic heterocycles. The Labute approximate surface area is 383 Å². The number of carbonyl (C=O) groups is 2. The van der Waals surface area contributed by atoms with Gasteiger partial charge in [-0.1, -0.05) is 155 Å². The predicted molar refractivity (Wildman–Crippen MR) is 239 cm³/mol. The SMILES string of the molecule is C[Si](C)(C)/C(=C\Cc1ccc(OCc2ccccc2)cc1)C(F)(F)F.O=C(C(Br)Cc1ccc(O)cc1)C(F)(F)F.O=C(C(Br)Cc1ccc(OCc2ccccc2)cc1)C(F)(F)F. The molecule has 0 aliphatic carbocycles. The number of carbonyl (C=O) groups excluding carboxylic acids is 2. The number of alkyl halides is 11. The first kappa shape index (κ1) is 53.5. The van der Waals surface area contributed by atoms with Gasteiger partial charge in [0.1, 0.15) is 30.5 Å². The number of ether oxygens (including phenoxy) is 2. The van der Waals surface area contributed by atoms with Crippen LogP contribution in [0.3, 0.4) is 0 Å². The Bertz CT molecular complexity index is 2190. The van der Waals surface area contributed by atoms with Gasteiger partial charge in [0.15, 0.2) is 0 Å². The van der Waals surface area contributed by atoms with Crippen LogP contribution in [0.5, 0.6) is 17.2 Å². The number of Topliss-reactive ketones (excluding diaryl/α,β-unsaturated/α-hetero) is 2. The highest BCUT2D eigenvalue weighted by Crippen LogP contribution is 2.33. The van der Waals surface area contributed by atoms with Crippen molar-refractivity contribution in [1.82, 2.24) is 0 Å². The van der Waals surface area contributed by atoms with E-state index in [9.17, 15) is 49.1 Å². The minimum atomic E-state index is -4.83. The number of halogens is 11. The molecule has 5 aromatic carbocycles. The second-order valence-electron chi connectivity index (χ2n) is 15.1. The maximum atomic E-state index is 13.2. The van der Waals surface area contributed by atoms with Gasteiger partial charge < -0.3 is 14.6 Å². The van der Waals surface area contributed by atoms with Gasteiger partial charge in [-0.15, -0.1) is 0 Å². The molecule has 0 heterocycles. The lowest BCUT2D eigenvalue weighted by Gasteiger charge is -2.23. The fourth-order valence-corrected chi connectivity index (χ4v) is 8.41. The topological polar surface area (TPSA) is 72.8 Å². The number of allylic oxidation sites excluding steroid dienone is 2. The van der Waals surface area contributed by atoms with E-state index in [1.54, 1.807) is 56.0 Å². The molecular formula is C47H45Br2F9O5Si. The van der Waals surface area contributed by atoms with Gasteiger partial charge >= 0.3 is 18.5 Å². The zero-order chi connectivity index (χ0) is 47.7. The van der Waals surface area contributed by atoms with Crippen molar-refractivity contribution in [2.45, 2.75) is 80.3 Å². The Morgan fingerprint density at radius 2 is 0.875 bits per heavy atom. The molecule has 0 radical (unpaired) electrons. The third-order valence-corrected chi connectivity index (χ3v) is 12.5. The van der Waals surface area contributed by atoms with Crippen molar-refractivity contribution in [3.05, 3.63) is 173 Å². The van der Waals surface area contributed by atoms with Crippen LogP contribution in [0.15, 0.2) is 145 Å². The molecule has 64 heavy (non-hydrogen) atoms. The van der Waals surface area contributed by atoms with Gasteiger partial charge in [0.05, 0.1) is 17.7 Å². The lowest BCUT2D eigenvalue weighted by Crippen LogP contribution is -2.34. The molecule has 1 N–H and O–H groups in total. The van der Waals surface area contributed by atoms with Gasteiger partial charge in [0.2, 0.25) is 11.6 Å². The normalized spacial score (nSPS) is 13.0. The number of rotatable bonds is 15. The molecule has 17 heteroatoms. The molecule has 5 aromatic rings. The molecule has 0 aliphatic rings. The van der Waals surface area contributed by atoms with Crippen LogP contribution in [0.2, 0.25) is 19.6 Å². The molecule has 0 spiro atoms. The number of hydrogen-bond donors (Lipinski definition) is 1. The molecule has 0 bridgehead atoms. The summed E-state index contributed by atoms with van der Waals surface area (Å²) in [6, 6.07) is 38.9. The number of ketones is 2. The zero-order valence-corrected chi connectivity index (χ0v) is 38.9. The highest BCUT2D eigenvalue weighted by molar-refractivity contribution is 9.10. The quantitative estimate of drug-likeness (QED) is 0.0642. The maximum Gasteiger partial charge on any atom is 0.451 e. The van der Waals surface area contributed by atoms with Crippen molar-refractivity contribution in [3.8, 4) is 17.2 Å². The first-order chi connectivity index (χ1) is 29.8. The summed E-state index contributed by atoms with van der Waals surface area (Å²) in [4.78, 5) is 19.3. The van der Waals surface area contributed by atoms with Gasteiger partial charge in [0, 0.05) is 5.20 Å². The van der Waals surface area contributed by atoms with Crippen LogP contribution in [-0.2, 0) is 42.1 Å². The van der Waals surface area contributed by atoms with E-state index in [1.807, 2.05) is 72.8 Å². The van der Waals surface area contributed by atoms with E-state index in [0.29, 0.717) is 35.8 Å². The fourth-order valence-electron chi connectivity index (χ4n) is 5.58. The molecule has 344 valence electrons. The highest BCUT2D eigenvalue weighted by Gasteiger charge is 2.43. The molecule has 0 amide bonds. The van der Waals surface area contributed by atoms with E-state index >= 15 is 0 Å². The molecule has 0 saturated heterocycles. The van der Waals surface area contributed by atoms with Crippen LogP contribution in [0.4, 0.5) is 39.5 Å². The Hall–Kier alpha value is -4.87. The molecule has 0 fully saturated rings. The van der Waals surface area contributed by atoms with Crippen molar-refractivity contribution in [1.29, 1.82) is 0 Å². The third kappa shape index (κ3) is 19.5. The maximum absolute atomic E-state index is 13.2. The summed E-state index contributed by atoms with van der Waals surface area (Å²) in [7, 11) is -2.43. The van der Waals surface area contributed by atoms with Crippen LogP contribution >= 0.6 is 31.9 Å². The summed E-state index contributed by atoms with van der Waals surface area (Å²) < 4.78 is 124. The molecule has 0 saturated carbocycles. The van der Waals surface area contributed by atoms with Gasteiger partial charge in [0.25, 0.3) is 0 Å². The largest absolute Gasteiger partial charge is 0.508 e. The standard InChI is InChI=1S/C20H23F3OSi.C17H14BrF3O2.C10H8BrF3O2/c1-25(2,3)19(20(21,22)23)14-11-16-9-12-18(13-10-16)24-15-17-7-5-4-6-8-17;18-15(16(22)17(19,20)21)10-12-6-8-14(9-7-12)23-11-13-4-2-1-3-5-13;11-8(9(16)10(12,13)14)5-6-1-3-7(15)4-2-6/h4-10,12-14H,11,15H2,1-3H3;1-9,15H,10-11H2;1-4,8,15H,5H2/b19-14-;;. The van der Waals surface area contributed by atoms with Crippen molar-refractivity contribution >= 4 is 51.5 Å². The molecule has 2 atom stereocenters. The fraction of sp³-hybridized carbons (Fsp3) is 0.277. The molecule has 0 aliphatic heterocycles. The van der Waals surface area contributed by atoms with E-state index in [4.69, 9.17) is 14.6 Å². The minimum Gasteiger partial charge on any atom is -0.508 e. The Balaban J connectivity index is 0.000000262. The van der Waals surface area contributed by atoms with Gasteiger partial charge in [-0.25, -0.2) is 0 Å². The van der Waals surface area contributed by atoms with Crippen LogP contribution in [-0.4, -0.2) is 52.9 Å². The van der Waals surface area contributed by atoms with Gasteiger partial charge in [-0.3, -0.25) is 9.59 Å². The summed E-state index contributed by atoms with van der Waals surface area (Å²) in [5.74, 6) is -2.23.